The first-order valence-electron chi connectivity index (χ1n) is 17.0. The molecule has 258 valence electrons. The molecule has 1 saturated heterocycles. The molecule has 1 aromatic carbocycles. The monoisotopic (exact) mass is 678 g/mol. The first kappa shape index (κ1) is 36.5. The lowest BCUT2D eigenvalue weighted by Crippen LogP contribution is -2.29. The Morgan fingerprint density at radius 3 is 2.46 bits per heavy atom. The number of benzene rings is 1. The van der Waals surface area contributed by atoms with Crippen LogP contribution in [0, 0.1) is 5.92 Å². The quantitative estimate of drug-likeness (QED) is 0.140. The molecule has 4 unspecified atom stereocenters. The number of phenolic OH excluding ortho intramolecular Hbond substituents is 1. The molecule has 6 N–H and O–H groups in total. The van der Waals surface area contributed by atoms with E-state index in [0.29, 0.717) is 50.0 Å². The summed E-state index contributed by atoms with van der Waals surface area (Å²) < 4.78 is 11.4. The lowest BCUT2D eigenvalue weighted by Gasteiger charge is -2.36. The number of aliphatic hydroxyl groups excluding tert-OH is 1. The molecule has 2 heterocycles. The number of phenols is 1. The van der Waals surface area contributed by atoms with Crippen LogP contribution in [0.3, 0.4) is 0 Å². The lowest BCUT2D eigenvalue weighted by molar-refractivity contribution is -0.148. The fraction of sp³-hybridized carbons (Fsp3) is 0.735. The Morgan fingerprint density at radius 2 is 1.78 bits per heavy atom. The van der Waals surface area contributed by atoms with Crippen LogP contribution in [0.25, 0.3) is 0 Å². The minimum absolute atomic E-state index is 0.0171. The zero-order valence-electron chi connectivity index (χ0n) is 27.6. The number of esters is 1. The number of aryl methyl sites for hydroxylation is 1. The van der Waals surface area contributed by atoms with Crippen molar-refractivity contribution in [3.05, 3.63) is 23.3 Å². The average Bonchev–Trinajstić information content (AvgIpc) is 3.34. The normalized spacial score (nSPS) is 27.1. The second kappa shape index (κ2) is 17.7. The summed E-state index contributed by atoms with van der Waals surface area (Å²) in [6.07, 6.45) is 12.8. The van der Waals surface area contributed by atoms with Gasteiger partial charge in [0.2, 0.25) is 5.91 Å². The van der Waals surface area contributed by atoms with Gasteiger partial charge in [-0.3, -0.25) is 9.59 Å². The van der Waals surface area contributed by atoms with E-state index in [4.69, 9.17) is 20.9 Å². The molecule has 4 atom stereocenters. The minimum Gasteiger partial charge on any atom is -0.504 e. The van der Waals surface area contributed by atoms with E-state index in [0.717, 1.165) is 43.4 Å². The highest BCUT2D eigenvalue weighted by Crippen LogP contribution is 2.49. The maximum absolute atomic E-state index is 13.2. The molecule has 3 aliphatic rings. The Balaban J connectivity index is 1.55. The van der Waals surface area contributed by atoms with Gasteiger partial charge in [-0.25, -0.2) is 4.99 Å². The molecule has 12 heteroatoms. The van der Waals surface area contributed by atoms with Crippen molar-refractivity contribution in [2.24, 2.45) is 22.4 Å². The smallest absolute Gasteiger partial charge is 0.302 e. The van der Waals surface area contributed by atoms with Crippen molar-refractivity contribution in [2.45, 2.75) is 133 Å². The summed E-state index contributed by atoms with van der Waals surface area (Å²) in [5.74, 6) is 1.000. The first-order chi connectivity index (χ1) is 22.1. The highest BCUT2D eigenvalue weighted by atomic mass is 33.1. The summed E-state index contributed by atoms with van der Waals surface area (Å²) in [6.45, 7) is 2.22. The van der Waals surface area contributed by atoms with Gasteiger partial charge in [0, 0.05) is 48.9 Å². The van der Waals surface area contributed by atoms with Gasteiger partial charge in [0.15, 0.2) is 17.5 Å². The van der Waals surface area contributed by atoms with Gasteiger partial charge in [-0.05, 0) is 62.5 Å². The third-order valence-electron chi connectivity index (χ3n) is 9.58. The van der Waals surface area contributed by atoms with E-state index in [1.807, 2.05) is 27.7 Å². The van der Waals surface area contributed by atoms with Gasteiger partial charge in [0.25, 0.3) is 0 Å². The zero-order chi connectivity index (χ0) is 33.1. The van der Waals surface area contributed by atoms with E-state index in [1.165, 1.54) is 46.1 Å². The molecule has 46 heavy (non-hydrogen) atoms. The topological polar surface area (TPSA) is 161 Å². The second-order valence-corrected chi connectivity index (χ2v) is 16.3. The van der Waals surface area contributed by atoms with Gasteiger partial charge in [-0.15, -0.1) is 0 Å². The zero-order valence-corrected chi connectivity index (χ0v) is 29.2. The van der Waals surface area contributed by atoms with Gasteiger partial charge >= 0.3 is 5.97 Å². The summed E-state index contributed by atoms with van der Waals surface area (Å²) in [5, 5.41) is 21.9. The van der Waals surface area contributed by atoms with Crippen LogP contribution >= 0.6 is 21.6 Å². The third kappa shape index (κ3) is 11.1. The number of hydrogen-bond acceptors (Lipinski definition) is 9. The van der Waals surface area contributed by atoms with E-state index in [2.05, 4.69) is 4.99 Å². The van der Waals surface area contributed by atoms with Crippen molar-refractivity contribution in [1.82, 2.24) is 4.90 Å². The van der Waals surface area contributed by atoms with Crippen LogP contribution < -0.4 is 16.2 Å². The average molecular weight is 679 g/mol. The van der Waals surface area contributed by atoms with Crippen molar-refractivity contribution < 1.29 is 29.3 Å². The molecular weight excluding hydrogens is 625 g/mol. The number of amides is 1. The molecule has 1 saturated carbocycles. The van der Waals surface area contributed by atoms with E-state index in [-0.39, 0.29) is 46.8 Å². The molecule has 4 rings (SSSR count). The van der Waals surface area contributed by atoms with Gasteiger partial charge < -0.3 is 36.1 Å². The number of carbonyl (C=O) groups excluding carboxylic acids is 2. The van der Waals surface area contributed by atoms with Crippen molar-refractivity contribution in [3.8, 4) is 11.5 Å². The number of nitrogens with zero attached hydrogens (tertiary/aromatic N) is 2. The van der Waals surface area contributed by atoms with E-state index < -0.39 is 12.2 Å². The minimum atomic E-state index is -0.550. The van der Waals surface area contributed by atoms with Crippen LogP contribution in [0.4, 0.5) is 0 Å². The first-order valence-corrected chi connectivity index (χ1v) is 19.3. The largest absolute Gasteiger partial charge is 0.504 e. The van der Waals surface area contributed by atoms with Gasteiger partial charge in [-0.2, -0.15) is 0 Å². The van der Waals surface area contributed by atoms with Crippen molar-refractivity contribution in [3.63, 3.8) is 0 Å². The molecular formula is C34H54N4O6S2. The Labute approximate surface area is 282 Å². The number of carbonyl (C=O) groups is 2. The molecule has 10 nitrogen and oxygen atoms in total. The molecule has 0 aromatic heterocycles. The van der Waals surface area contributed by atoms with E-state index in [9.17, 15) is 19.8 Å². The molecule has 4 bridgehead atoms. The summed E-state index contributed by atoms with van der Waals surface area (Å²) in [7, 11) is 5.37. The van der Waals surface area contributed by atoms with Crippen LogP contribution in [0.2, 0.25) is 0 Å². The molecule has 0 radical (unpaired) electrons. The summed E-state index contributed by atoms with van der Waals surface area (Å²) in [4.78, 5) is 31.5. The van der Waals surface area contributed by atoms with Crippen LogP contribution in [0.5, 0.6) is 11.5 Å². The molecule has 2 fully saturated rings. The van der Waals surface area contributed by atoms with Gasteiger partial charge in [0.05, 0.1) is 19.3 Å². The van der Waals surface area contributed by atoms with Gasteiger partial charge in [-0.1, -0.05) is 66.2 Å². The number of rotatable bonds is 3. The number of hydrogen-bond donors (Lipinski definition) is 4. The van der Waals surface area contributed by atoms with Crippen molar-refractivity contribution >= 4 is 39.4 Å². The van der Waals surface area contributed by atoms with Crippen LogP contribution in [0.15, 0.2) is 17.1 Å². The lowest BCUT2D eigenvalue weighted by atomic mass is 9.84. The number of fused-ring (bicyclic) bond motifs is 4. The number of guanidine groups is 1. The van der Waals surface area contributed by atoms with E-state index >= 15 is 0 Å². The maximum Gasteiger partial charge on any atom is 0.302 e. The summed E-state index contributed by atoms with van der Waals surface area (Å²) >= 11 is 0. The Bertz CT molecular complexity index is 1190. The van der Waals surface area contributed by atoms with Crippen LogP contribution in [0.1, 0.15) is 108 Å². The van der Waals surface area contributed by atoms with Gasteiger partial charge in [0.1, 0.15) is 6.10 Å². The van der Waals surface area contributed by atoms with Crippen LogP contribution in [-0.4, -0.2) is 75.4 Å². The van der Waals surface area contributed by atoms with E-state index in [1.54, 1.807) is 11.0 Å². The summed E-state index contributed by atoms with van der Waals surface area (Å²) in [6, 6.07) is 3.60. The standard InChI is InChI=1S/C34H54N4O6S2/c1-23(39)44-29-11-10-24-15-26(32(42)30(17-24)43-2)21-38-20-25(18-31(38)41)16-27(37-33(35)36)22-45-46-34(13-7-4-8-14-34)12-6-3-5-9-28(40)19-29/h15,17,25,27-29,40,42H,3-14,16,18-22H2,1-2H3,(H4,35,36,37). The molecule has 1 aliphatic carbocycles. The summed E-state index contributed by atoms with van der Waals surface area (Å²) in [5.41, 5.74) is 13.2. The second-order valence-electron chi connectivity index (χ2n) is 13.5. The van der Waals surface area contributed by atoms with Crippen molar-refractivity contribution in [2.75, 3.05) is 19.4 Å². The molecule has 2 aliphatic heterocycles. The fourth-order valence-corrected chi connectivity index (χ4v) is 10.8. The number of nitrogens with two attached hydrogens (primary N) is 2. The van der Waals surface area contributed by atoms with Crippen LogP contribution in [-0.2, 0) is 27.3 Å². The SMILES string of the molecule is COc1cc2cc(c1O)CN1CC(CC1=O)CC(N=C(N)N)CSSC1(CCCCCC(O)CC(OC(C)=O)CC2)CCCCC1. The van der Waals surface area contributed by atoms with Crippen molar-refractivity contribution in [1.29, 1.82) is 0 Å². The highest BCUT2D eigenvalue weighted by molar-refractivity contribution is 8.77. The highest BCUT2D eigenvalue weighted by Gasteiger charge is 2.35. The molecule has 1 amide bonds. The molecule has 1 aromatic rings. The third-order valence-corrected chi connectivity index (χ3v) is 13.0. The molecule has 1 spiro atoms. The number of methoxy groups -OCH3 is 1. The predicted octanol–water partition coefficient (Wildman–Crippen LogP) is 5.45. The predicted molar refractivity (Wildman–Crippen MR) is 186 cm³/mol. The number of aliphatic hydroxyl groups is 1. The maximum atomic E-state index is 13.2. The number of ether oxygens (including phenoxy) is 2. The Kier molecular flexibility index (Phi) is 14.1. The Morgan fingerprint density at radius 1 is 1.07 bits per heavy atom. The number of aliphatic imine (C=N–C) groups is 1. The number of aromatic hydroxyl groups is 1. The Hall–Kier alpha value is -2.31. The fourth-order valence-electron chi connectivity index (χ4n) is 7.29.